The first-order valence-electron chi connectivity index (χ1n) is 7.73. The Morgan fingerprint density at radius 1 is 0.952 bits per heavy atom. The summed E-state index contributed by atoms with van der Waals surface area (Å²) in [6, 6.07) is 19.4. The second kappa shape index (κ2) is 8.14. The Morgan fingerprint density at radius 2 is 1.62 bits per heavy atom. The van der Waals surface area contributed by atoms with Crippen molar-refractivity contribution in [3.8, 4) is 0 Å². The molecule has 2 rings (SSSR count). The predicted molar refractivity (Wildman–Crippen MR) is 95.4 cm³/mol. The quantitative estimate of drug-likeness (QED) is 0.663. The van der Waals surface area contributed by atoms with E-state index in [4.69, 9.17) is 0 Å². The lowest BCUT2D eigenvalue weighted by Gasteiger charge is -2.23. The monoisotopic (exact) mass is 299 g/mol. The second-order valence-electron chi connectivity index (χ2n) is 5.57. The molecule has 21 heavy (non-hydrogen) atoms. The van der Waals surface area contributed by atoms with Crippen molar-refractivity contribution < 1.29 is 0 Å². The van der Waals surface area contributed by atoms with Gasteiger partial charge in [0, 0.05) is 23.0 Å². The molecule has 0 aliphatic carbocycles. The van der Waals surface area contributed by atoms with Gasteiger partial charge in [0.25, 0.3) is 0 Å². The van der Waals surface area contributed by atoms with Crippen molar-refractivity contribution >= 4 is 17.4 Å². The molecule has 0 heterocycles. The highest BCUT2D eigenvalue weighted by molar-refractivity contribution is 7.99. The fourth-order valence-electron chi connectivity index (χ4n) is 2.55. The first-order chi connectivity index (χ1) is 10.2. The maximum absolute atomic E-state index is 3.66. The molecule has 0 aromatic heterocycles. The Hall–Kier alpha value is -1.41. The van der Waals surface area contributed by atoms with E-state index in [2.05, 4.69) is 80.7 Å². The third kappa shape index (κ3) is 4.53. The van der Waals surface area contributed by atoms with E-state index in [1.165, 1.54) is 16.1 Å². The van der Waals surface area contributed by atoms with Crippen LogP contribution in [0.4, 0.5) is 5.69 Å². The normalized spacial score (nSPS) is 12.4. The molecule has 1 atom stereocenters. The van der Waals surface area contributed by atoms with E-state index >= 15 is 0 Å². The molecule has 0 fully saturated rings. The summed E-state index contributed by atoms with van der Waals surface area (Å²) in [6.07, 6.45) is 0. The molecule has 2 heteroatoms. The number of rotatable bonds is 7. The lowest BCUT2D eigenvalue weighted by atomic mass is 9.88. The highest BCUT2D eigenvalue weighted by Gasteiger charge is 2.15. The van der Waals surface area contributed by atoms with Crippen molar-refractivity contribution in [2.45, 2.75) is 31.6 Å². The number of benzene rings is 2. The Balaban J connectivity index is 2.09. The second-order valence-corrected chi connectivity index (χ2v) is 6.88. The smallest absolute Gasteiger partial charge is 0.0478 e. The highest BCUT2D eigenvalue weighted by Crippen LogP contribution is 2.29. The minimum Gasteiger partial charge on any atom is -0.384 e. The fourth-order valence-corrected chi connectivity index (χ4v) is 3.33. The Morgan fingerprint density at radius 3 is 2.29 bits per heavy atom. The minimum absolute atomic E-state index is 0.533. The Kier molecular flexibility index (Phi) is 6.19. The van der Waals surface area contributed by atoms with E-state index in [9.17, 15) is 0 Å². The molecule has 112 valence electrons. The van der Waals surface area contributed by atoms with Crippen LogP contribution in [0.15, 0.2) is 59.5 Å². The van der Waals surface area contributed by atoms with Crippen LogP contribution in [-0.2, 0) is 0 Å². The molecule has 0 aliphatic rings. The van der Waals surface area contributed by atoms with Crippen LogP contribution in [0.5, 0.6) is 0 Å². The number of anilines is 1. The van der Waals surface area contributed by atoms with Crippen molar-refractivity contribution in [1.82, 2.24) is 0 Å². The van der Waals surface area contributed by atoms with Gasteiger partial charge in [-0.3, -0.25) is 0 Å². The topological polar surface area (TPSA) is 12.0 Å². The molecule has 0 radical (unpaired) electrons. The predicted octanol–water partition coefficient (Wildman–Crippen LogP) is 5.65. The fraction of sp³-hybridized carbons (Fsp3) is 0.368. The van der Waals surface area contributed by atoms with Crippen molar-refractivity contribution in [3.05, 3.63) is 60.2 Å². The van der Waals surface area contributed by atoms with Crippen LogP contribution in [0.1, 0.15) is 32.3 Å². The molecule has 1 nitrogen and oxygen atoms in total. The van der Waals surface area contributed by atoms with Crippen LogP contribution < -0.4 is 5.32 Å². The van der Waals surface area contributed by atoms with Crippen molar-refractivity contribution in [3.63, 3.8) is 0 Å². The van der Waals surface area contributed by atoms with E-state index < -0.39 is 0 Å². The molecule has 0 bridgehead atoms. The number of para-hydroxylation sites is 1. The molecule has 0 aliphatic heterocycles. The highest BCUT2D eigenvalue weighted by atomic mass is 32.2. The third-order valence-electron chi connectivity index (χ3n) is 3.73. The van der Waals surface area contributed by atoms with Crippen LogP contribution >= 0.6 is 11.8 Å². The molecule has 0 amide bonds. The first kappa shape index (κ1) is 16.0. The maximum atomic E-state index is 3.66. The number of hydrogen-bond donors (Lipinski definition) is 1. The van der Waals surface area contributed by atoms with Gasteiger partial charge in [0.2, 0.25) is 0 Å². The summed E-state index contributed by atoms with van der Waals surface area (Å²) >= 11 is 1.90. The third-order valence-corrected chi connectivity index (χ3v) is 4.69. The lowest BCUT2D eigenvalue weighted by molar-refractivity contribution is 0.517. The van der Waals surface area contributed by atoms with E-state index in [0.717, 1.165) is 12.3 Å². The summed E-state index contributed by atoms with van der Waals surface area (Å²) in [5.74, 6) is 2.25. The van der Waals surface area contributed by atoms with Crippen molar-refractivity contribution in [2.24, 2.45) is 5.92 Å². The van der Waals surface area contributed by atoms with Crippen LogP contribution in [0.25, 0.3) is 0 Å². The van der Waals surface area contributed by atoms with E-state index in [1.807, 2.05) is 11.8 Å². The van der Waals surface area contributed by atoms with Gasteiger partial charge in [-0.2, -0.15) is 0 Å². The van der Waals surface area contributed by atoms with Gasteiger partial charge in [-0.05, 0) is 29.4 Å². The number of thioether (sulfide) groups is 1. The maximum Gasteiger partial charge on any atom is 0.0478 e. The molecular weight excluding hydrogens is 274 g/mol. The summed E-state index contributed by atoms with van der Waals surface area (Å²) in [7, 11) is 0. The number of hydrogen-bond acceptors (Lipinski definition) is 2. The van der Waals surface area contributed by atoms with Gasteiger partial charge in [0.15, 0.2) is 0 Å². The van der Waals surface area contributed by atoms with Gasteiger partial charge in [0.1, 0.15) is 0 Å². The van der Waals surface area contributed by atoms with E-state index in [0.29, 0.717) is 11.8 Å². The summed E-state index contributed by atoms with van der Waals surface area (Å²) < 4.78 is 0. The zero-order chi connectivity index (χ0) is 15.1. The van der Waals surface area contributed by atoms with Gasteiger partial charge in [-0.15, -0.1) is 11.8 Å². The van der Waals surface area contributed by atoms with Crippen LogP contribution in [0.3, 0.4) is 0 Å². The largest absolute Gasteiger partial charge is 0.384 e. The molecule has 0 spiro atoms. The van der Waals surface area contributed by atoms with Crippen LogP contribution in [0, 0.1) is 5.92 Å². The molecule has 2 aromatic carbocycles. The summed E-state index contributed by atoms with van der Waals surface area (Å²) in [5, 5.41) is 3.66. The summed E-state index contributed by atoms with van der Waals surface area (Å²) in [4.78, 5) is 1.34. The van der Waals surface area contributed by atoms with Gasteiger partial charge in [-0.25, -0.2) is 0 Å². The molecule has 1 unspecified atom stereocenters. The zero-order valence-electron chi connectivity index (χ0n) is 13.2. The average molecular weight is 299 g/mol. The average Bonchev–Trinajstić information content (AvgIpc) is 2.50. The Bertz CT molecular complexity index is 536. The van der Waals surface area contributed by atoms with Crippen molar-refractivity contribution in [2.75, 3.05) is 17.6 Å². The molecule has 2 aromatic rings. The molecule has 1 N–H and O–H groups in total. The molecular formula is C19H25NS. The first-order valence-corrected chi connectivity index (χ1v) is 8.71. The van der Waals surface area contributed by atoms with Crippen LogP contribution in [-0.4, -0.2) is 12.3 Å². The van der Waals surface area contributed by atoms with Crippen molar-refractivity contribution in [1.29, 1.82) is 0 Å². The van der Waals surface area contributed by atoms with Gasteiger partial charge in [0.05, 0.1) is 0 Å². The van der Waals surface area contributed by atoms with Gasteiger partial charge >= 0.3 is 0 Å². The zero-order valence-corrected chi connectivity index (χ0v) is 14.0. The minimum atomic E-state index is 0.533. The summed E-state index contributed by atoms with van der Waals surface area (Å²) in [5.41, 5.74) is 2.67. The number of nitrogens with one attached hydrogen (secondary N) is 1. The summed E-state index contributed by atoms with van der Waals surface area (Å²) in [6.45, 7) is 7.77. The van der Waals surface area contributed by atoms with Gasteiger partial charge < -0.3 is 5.32 Å². The van der Waals surface area contributed by atoms with E-state index in [-0.39, 0.29) is 0 Å². The van der Waals surface area contributed by atoms with E-state index in [1.54, 1.807) is 0 Å². The molecule has 0 saturated heterocycles. The molecule has 0 saturated carbocycles. The standard InChI is InChI=1S/C19H25NS/c1-4-21-19-13-9-8-12-18(19)20-14-17(15(2)3)16-10-6-5-7-11-16/h5-13,15,17,20H,4,14H2,1-3H3. The SMILES string of the molecule is CCSc1ccccc1NCC(c1ccccc1)C(C)C. The van der Waals surface area contributed by atoms with Crippen LogP contribution in [0.2, 0.25) is 0 Å². The Labute approximate surface area is 133 Å². The lowest BCUT2D eigenvalue weighted by Crippen LogP contribution is -2.18. The van der Waals surface area contributed by atoms with Gasteiger partial charge in [-0.1, -0.05) is 63.2 Å².